The molecule has 0 bridgehead atoms. The van der Waals surface area contributed by atoms with Crippen LogP contribution in [0.2, 0.25) is 0 Å². The zero-order valence-corrected chi connectivity index (χ0v) is 12.3. The maximum atomic E-state index is 3.61. The average Bonchev–Trinajstić information content (AvgIpc) is 2.37. The van der Waals surface area contributed by atoms with E-state index in [1.807, 2.05) is 6.07 Å². The van der Waals surface area contributed by atoms with E-state index < -0.39 is 0 Å². The number of rotatable bonds is 4. The minimum absolute atomic E-state index is 0.334. The van der Waals surface area contributed by atoms with Gasteiger partial charge in [0.2, 0.25) is 0 Å². The predicted molar refractivity (Wildman–Crippen MR) is 81.8 cm³/mol. The molecule has 2 aromatic carbocycles. The lowest BCUT2D eigenvalue weighted by Gasteiger charge is -2.24. The van der Waals surface area contributed by atoms with E-state index >= 15 is 0 Å². The standard InChI is InChI=1S/C16H18BrN/c1-12(2)16(13-7-4-3-5-8-13)18-15-10-6-9-14(17)11-15/h3-12,16,18H,1-2H3. The molecule has 1 unspecified atom stereocenters. The van der Waals surface area contributed by atoms with Gasteiger partial charge >= 0.3 is 0 Å². The number of benzene rings is 2. The maximum absolute atomic E-state index is 3.61. The molecule has 0 saturated heterocycles. The van der Waals surface area contributed by atoms with Gasteiger partial charge in [0.25, 0.3) is 0 Å². The smallest absolute Gasteiger partial charge is 0.0536 e. The lowest BCUT2D eigenvalue weighted by molar-refractivity contribution is 0.546. The molecular formula is C16H18BrN. The fraction of sp³-hybridized carbons (Fsp3) is 0.250. The summed E-state index contributed by atoms with van der Waals surface area (Å²) in [6, 6.07) is 19.2. The zero-order chi connectivity index (χ0) is 13.0. The van der Waals surface area contributed by atoms with Crippen molar-refractivity contribution in [3.05, 3.63) is 64.6 Å². The van der Waals surface area contributed by atoms with E-state index in [1.54, 1.807) is 0 Å². The highest BCUT2D eigenvalue weighted by atomic mass is 79.9. The van der Waals surface area contributed by atoms with Gasteiger partial charge in [-0.05, 0) is 29.7 Å². The summed E-state index contributed by atoms with van der Waals surface area (Å²) in [4.78, 5) is 0. The zero-order valence-electron chi connectivity index (χ0n) is 10.7. The van der Waals surface area contributed by atoms with Crippen molar-refractivity contribution in [1.29, 1.82) is 0 Å². The normalized spacial score (nSPS) is 12.4. The maximum Gasteiger partial charge on any atom is 0.0536 e. The average molecular weight is 304 g/mol. The molecule has 2 rings (SSSR count). The number of halogens is 1. The minimum atomic E-state index is 0.334. The van der Waals surface area contributed by atoms with Crippen LogP contribution in [0.4, 0.5) is 5.69 Å². The Balaban J connectivity index is 2.22. The van der Waals surface area contributed by atoms with Gasteiger partial charge in [0.1, 0.15) is 0 Å². The van der Waals surface area contributed by atoms with Crippen LogP contribution in [0.3, 0.4) is 0 Å². The minimum Gasteiger partial charge on any atom is -0.378 e. The molecule has 0 aliphatic carbocycles. The molecule has 0 radical (unpaired) electrons. The number of hydrogen-bond donors (Lipinski definition) is 1. The van der Waals surface area contributed by atoms with Gasteiger partial charge in [-0.3, -0.25) is 0 Å². The van der Waals surface area contributed by atoms with Crippen LogP contribution in [0, 0.1) is 5.92 Å². The Bertz CT molecular complexity index is 493. The Morgan fingerprint density at radius 3 is 2.28 bits per heavy atom. The van der Waals surface area contributed by atoms with Crippen molar-refractivity contribution in [3.63, 3.8) is 0 Å². The molecule has 0 heterocycles. The van der Waals surface area contributed by atoms with Crippen LogP contribution in [-0.4, -0.2) is 0 Å². The van der Waals surface area contributed by atoms with Crippen LogP contribution >= 0.6 is 15.9 Å². The highest BCUT2D eigenvalue weighted by molar-refractivity contribution is 9.10. The Labute approximate surface area is 117 Å². The van der Waals surface area contributed by atoms with Crippen LogP contribution in [0.1, 0.15) is 25.5 Å². The SMILES string of the molecule is CC(C)C(Nc1cccc(Br)c1)c1ccccc1. The molecule has 0 fully saturated rings. The first-order valence-electron chi connectivity index (χ1n) is 6.24. The fourth-order valence-electron chi connectivity index (χ4n) is 2.05. The Morgan fingerprint density at radius 1 is 0.944 bits per heavy atom. The van der Waals surface area contributed by atoms with Crippen molar-refractivity contribution in [2.75, 3.05) is 5.32 Å². The molecule has 2 heteroatoms. The number of nitrogens with one attached hydrogen (secondary N) is 1. The summed E-state index contributed by atoms with van der Waals surface area (Å²) < 4.78 is 1.10. The molecule has 1 atom stereocenters. The van der Waals surface area contributed by atoms with E-state index in [9.17, 15) is 0 Å². The van der Waals surface area contributed by atoms with Crippen LogP contribution in [0.15, 0.2) is 59.1 Å². The lowest BCUT2D eigenvalue weighted by atomic mass is 9.96. The second-order valence-electron chi connectivity index (χ2n) is 4.79. The molecular weight excluding hydrogens is 286 g/mol. The van der Waals surface area contributed by atoms with Gasteiger partial charge in [-0.1, -0.05) is 66.2 Å². The molecule has 0 aliphatic heterocycles. The van der Waals surface area contributed by atoms with Crippen LogP contribution in [0.5, 0.6) is 0 Å². The Kier molecular flexibility index (Phi) is 4.43. The molecule has 1 N–H and O–H groups in total. The highest BCUT2D eigenvalue weighted by Crippen LogP contribution is 2.27. The fourth-order valence-corrected chi connectivity index (χ4v) is 2.45. The second kappa shape index (κ2) is 6.05. The topological polar surface area (TPSA) is 12.0 Å². The summed E-state index contributed by atoms with van der Waals surface area (Å²) in [5.74, 6) is 0.534. The molecule has 0 aromatic heterocycles. The second-order valence-corrected chi connectivity index (χ2v) is 5.70. The van der Waals surface area contributed by atoms with Gasteiger partial charge in [0, 0.05) is 10.2 Å². The van der Waals surface area contributed by atoms with E-state index in [4.69, 9.17) is 0 Å². The molecule has 1 nitrogen and oxygen atoms in total. The van der Waals surface area contributed by atoms with E-state index in [0.717, 1.165) is 10.2 Å². The van der Waals surface area contributed by atoms with Crippen molar-refractivity contribution in [3.8, 4) is 0 Å². The van der Waals surface area contributed by atoms with Crippen LogP contribution in [-0.2, 0) is 0 Å². The van der Waals surface area contributed by atoms with Crippen molar-refractivity contribution >= 4 is 21.6 Å². The summed E-state index contributed by atoms with van der Waals surface area (Å²) in [6.45, 7) is 4.48. The molecule has 94 valence electrons. The van der Waals surface area contributed by atoms with Gasteiger partial charge in [0.15, 0.2) is 0 Å². The number of hydrogen-bond acceptors (Lipinski definition) is 1. The third kappa shape index (κ3) is 3.36. The summed E-state index contributed by atoms with van der Waals surface area (Å²) in [6.07, 6.45) is 0. The predicted octanol–water partition coefficient (Wildman–Crippen LogP) is 5.26. The molecule has 18 heavy (non-hydrogen) atoms. The monoisotopic (exact) mass is 303 g/mol. The first-order valence-corrected chi connectivity index (χ1v) is 7.03. The Hall–Kier alpha value is -1.28. The quantitative estimate of drug-likeness (QED) is 0.812. The van der Waals surface area contributed by atoms with Crippen LogP contribution in [0.25, 0.3) is 0 Å². The first kappa shape index (κ1) is 13.2. The summed E-state index contributed by atoms with van der Waals surface area (Å²) in [7, 11) is 0. The Morgan fingerprint density at radius 2 is 1.67 bits per heavy atom. The largest absolute Gasteiger partial charge is 0.378 e. The molecule has 2 aromatic rings. The van der Waals surface area contributed by atoms with Gasteiger partial charge in [0.05, 0.1) is 6.04 Å². The third-order valence-corrected chi connectivity index (χ3v) is 3.47. The van der Waals surface area contributed by atoms with Gasteiger partial charge in [-0.15, -0.1) is 0 Å². The van der Waals surface area contributed by atoms with Gasteiger partial charge in [-0.25, -0.2) is 0 Å². The van der Waals surface area contributed by atoms with E-state index in [1.165, 1.54) is 5.56 Å². The number of anilines is 1. The highest BCUT2D eigenvalue weighted by Gasteiger charge is 2.15. The third-order valence-electron chi connectivity index (χ3n) is 2.97. The summed E-state index contributed by atoms with van der Waals surface area (Å²) in [5, 5.41) is 3.61. The van der Waals surface area contributed by atoms with Crippen molar-refractivity contribution in [2.24, 2.45) is 5.92 Å². The van der Waals surface area contributed by atoms with E-state index in [0.29, 0.717) is 12.0 Å². The van der Waals surface area contributed by atoms with Crippen molar-refractivity contribution < 1.29 is 0 Å². The van der Waals surface area contributed by atoms with Crippen molar-refractivity contribution in [1.82, 2.24) is 0 Å². The first-order chi connectivity index (χ1) is 8.66. The van der Waals surface area contributed by atoms with E-state index in [2.05, 4.69) is 83.6 Å². The summed E-state index contributed by atoms with van der Waals surface area (Å²) >= 11 is 3.51. The molecule has 0 amide bonds. The molecule has 0 saturated carbocycles. The molecule has 0 aliphatic rings. The van der Waals surface area contributed by atoms with Crippen molar-refractivity contribution in [2.45, 2.75) is 19.9 Å². The van der Waals surface area contributed by atoms with Crippen LogP contribution < -0.4 is 5.32 Å². The molecule has 0 spiro atoms. The van der Waals surface area contributed by atoms with Gasteiger partial charge in [-0.2, -0.15) is 0 Å². The summed E-state index contributed by atoms with van der Waals surface area (Å²) in [5.41, 5.74) is 2.47. The van der Waals surface area contributed by atoms with Gasteiger partial charge < -0.3 is 5.32 Å². The van der Waals surface area contributed by atoms with E-state index in [-0.39, 0.29) is 0 Å². The lowest BCUT2D eigenvalue weighted by Crippen LogP contribution is -2.16.